The molecule has 1 heterocycles. The number of aromatic nitrogens is 1. The van der Waals surface area contributed by atoms with Gasteiger partial charge in [0.1, 0.15) is 5.82 Å². The standard InChI is InChI=1S/C14H22N4O/c1-3-18(4-2)12-6-5-11(9-16-12)17-13(19)14(10-15)7-8-14/h5-6,9H,3-4,7-8,10,15H2,1-2H3,(H,17,19). The van der Waals surface area contributed by atoms with E-state index in [0.29, 0.717) is 6.54 Å². The molecule has 5 nitrogen and oxygen atoms in total. The molecule has 1 amide bonds. The van der Waals surface area contributed by atoms with Crippen molar-refractivity contribution in [2.24, 2.45) is 11.1 Å². The number of pyridine rings is 1. The van der Waals surface area contributed by atoms with E-state index < -0.39 is 0 Å². The molecule has 0 aromatic carbocycles. The van der Waals surface area contributed by atoms with Gasteiger partial charge in [0.05, 0.1) is 17.3 Å². The molecule has 0 saturated heterocycles. The summed E-state index contributed by atoms with van der Waals surface area (Å²) in [6, 6.07) is 3.83. The maximum absolute atomic E-state index is 12.0. The average Bonchev–Trinajstić information content (AvgIpc) is 3.23. The van der Waals surface area contributed by atoms with Gasteiger partial charge in [-0.1, -0.05) is 0 Å². The summed E-state index contributed by atoms with van der Waals surface area (Å²) in [6.07, 6.45) is 3.48. The van der Waals surface area contributed by atoms with Crippen molar-refractivity contribution in [3.63, 3.8) is 0 Å². The summed E-state index contributed by atoms with van der Waals surface area (Å²) in [5, 5.41) is 2.90. The Hall–Kier alpha value is -1.62. The maximum Gasteiger partial charge on any atom is 0.231 e. The van der Waals surface area contributed by atoms with Gasteiger partial charge in [0.15, 0.2) is 0 Å². The first kappa shape index (κ1) is 13.8. The van der Waals surface area contributed by atoms with Crippen molar-refractivity contribution in [3.05, 3.63) is 18.3 Å². The van der Waals surface area contributed by atoms with E-state index in [1.807, 2.05) is 12.1 Å². The highest BCUT2D eigenvalue weighted by Gasteiger charge is 2.48. The minimum atomic E-state index is -0.322. The van der Waals surface area contributed by atoms with E-state index in [-0.39, 0.29) is 11.3 Å². The number of hydrogen-bond donors (Lipinski definition) is 2. The third kappa shape index (κ3) is 2.87. The van der Waals surface area contributed by atoms with Crippen LogP contribution in [-0.4, -0.2) is 30.5 Å². The van der Waals surface area contributed by atoms with Crippen LogP contribution in [0.3, 0.4) is 0 Å². The molecular weight excluding hydrogens is 240 g/mol. The van der Waals surface area contributed by atoms with Crippen LogP contribution in [0, 0.1) is 5.41 Å². The fourth-order valence-electron chi connectivity index (χ4n) is 2.13. The molecule has 104 valence electrons. The summed E-state index contributed by atoms with van der Waals surface area (Å²) in [5.41, 5.74) is 6.05. The Balaban J connectivity index is 2.01. The predicted molar refractivity (Wildman–Crippen MR) is 77.1 cm³/mol. The lowest BCUT2D eigenvalue weighted by atomic mass is 10.1. The van der Waals surface area contributed by atoms with Gasteiger partial charge in [-0.15, -0.1) is 0 Å². The molecule has 1 aromatic rings. The molecule has 1 fully saturated rings. The molecular formula is C14H22N4O. The van der Waals surface area contributed by atoms with Crippen LogP contribution in [0.5, 0.6) is 0 Å². The molecule has 1 aromatic heterocycles. The number of hydrogen-bond acceptors (Lipinski definition) is 4. The second-order valence-corrected chi connectivity index (χ2v) is 5.02. The number of rotatable bonds is 6. The van der Waals surface area contributed by atoms with Crippen LogP contribution < -0.4 is 16.0 Å². The van der Waals surface area contributed by atoms with Crippen molar-refractivity contribution in [3.8, 4) is 0 Å². The molecule has 0 radical (unpaired) electrons. The Bertz CT molecular complexity index is 435. The highest BCUT2D eigenvalue weighted by Crippen LogP contribution is 2.45. The number of carbonyl (C=O) groups is 1. The lowest BCUT2D eigenvalue weighted by molar-refractivity contribution is -0.120. The molecule has 0 aliphatic heterocycles. The van der Waals surface area contributed by atoms with Crippen molar-refractivity contribution in [1.82, 2.24) is 4.98 Å². The Kier molecular flexibility index (Phi) is 4.04. The average molecular weight is 262 g/mol. The van der Waals surface area contributed by atoms with Gasteiger partial charge in [-0.25, -0.2) is 4.98 Å². The van der Waals surface area contributed by atoms with Crippen LogP contribution in [0.4, 0.5) is 11.5 Å². The lowest BCUT2D eigenvalue weighted by Crippen LogP contribution is -2.31. The minimum Gasteiger partial charge on any atom is -0.357 e. The topological polar surface area (TPSA) is 71.2 Å². The van der Waals surface area contributed by atoms with Gasteiger partial charge >= 0.3 is 0 Å². The Morgan fingerprint density at radius 3 is 2.53 bits per heavy atom. The Labute approximate surface area is 114 Å². The lowest BCUT2D eigenvalue weighted by Gasteiger charge is -2.20. The zero-order valence-electron chi connectivity index (χ0n) is 11.6. The van der Waals surface area contributed by atoms with Gasteiger partial charge in [-0.05, 0) is 38.8 Å². The molecule has 1 saturated carbocycles. The fourth-order valence-corrected chi connectivity index (χ4v) is 2.13. The van der Waals surface area contributed by atoms with Crippen molar-refractivity contribution in [2.45, 2.75) is 26.7 Å². The molecule has 0 spiro atoms. The van der Waals surface area contributed by atoms with E-state index in [9.17, 15) is 4.79 Å². The van der Waals surface area contributed by atoms with E-state index >= 15 is 0 Å². The van der Waals surface area contributed by atoms with E-state index in [2.05, 4.69) is 29.0 Å². The second-order valence-electron chi connectivity index (χ2n) is 5.02. The predicted octanol–water partition coefficient (Wildman–Crippen LogP) is 1.61. The SMILES string of the molecule is CCN(CC)c1ccc(NC(=O)C2(CN)CC2)cn1. The third-order valence-corrected chi connectivity index (χ3v) is 3.82. The molecule has 0 atom stereocenters. The molecule has 2 rings (SSSR count). The minimum absolute atomic E-state index is 0.0207. The van der Waals surface area contributed by atoms with Crippen molar-refractivity contribution in [2.75, 3.05) is 29.9 Å². The summed E-state index contributed by atoms with van der Waals surface area (Å²) in [5.74, 6) is 0.954. The normalized spacial score (nSPS) is 15.9. The van der Waals surface area contributed by atoms with Gasteiger partial charge < -0.3 is 16.0 Å². The number of carbonyl (C=O) groups excluding carboxylic acids is 1. The molecule has 1 aliphatic carbocycles. The van der Waals surface area contributed by atoms with Crippen molar-refractivity contribution >= 4 is 17.4 Å². The fraction of sp³-hybridized carbons (Fsp3) is 0.571. The van der Waals surface area contributed by atoms with Crippen LogP contribution in [0.2, 0.25) is 0 Å². The second kappa shape index (κ2) is 5.57. The monoisotopic (exact) mass is 262 g/mol. The van der Waals surface area contributed by atoms with Gasteiger partial charge in [0.2, 0.25) is 5.91 Å². The Morgan fingerprint density at radius 2 is 2.11 bits per heavy atom. The number of amides is 1. The smallest absolute Gasteiger partial charge is 0.231 e. The van der Waals surface area contributed by atoms with Gasteiger partial charge in [-0.2, -0.15) is 0 Å². The molecule has 1 aliphatic rings. The van der Waals surface area contributed by atoms with Crippen LogP contribution in [0.1, 0.15) is 26.7 Å². The number of anilines is 2. The van der Waals surface area contributed by atoms with Crippen molar-refractivity contribution in [1.29, 1.82) is 0 Å². The van der Waals surface area contributed by atoms with Crippen molar-refractivity contribution < 1.29 is 4.79 Å². The zero-order chi connectivity index (χ0) is 13.9. The highest BCUT2D eigenvalue weighted by molar-refractivity contribution is 5.97. The maximum atomic E-state index is 12.0. The summed E-state index contributed by atoms with van der Waals surface area (Å²) >= 11 is 0. The van der Waals surface area contributed by atoms with E-state index in [0.717, 1.165) is 37.4 Å². The molecule has 19 heavy (non-hydrogen) atoms. The molecule has 0 unspecified atom stereocenters. The Morgan fingerprint density at radius 1 is 1.42 bits per heavy atom. The number of nitrogens with one attached hydrogen (secondary N) is 1. The van der Waals surface area contributed by atoms with Crippen LogP contribution in [-0.2, 0) is 4.79 Å². The zero-order valence-corrected chi connectivity index (χ0v) is 11.6. The van der Waals surface area contributed by atoms with E-state index in [1.165, 1.54) is 0 Å². The largest absolute Gasteiger partial charge is 0.357 e. The molecule has 5 heteroatoms. The van der Waals surface area contributed by atoms with E-state index in [4.69, 9.17) is 5.73 Å². The van der Waals surface area contributed by atoms with E-state index in [1.54, 1.807) is 6.20 Å². The first-order valence-electron chi connectivity index (χ1n) is 6.87. The summed E-state index contributed by atoms with van der Waals surface area (Å²) in [7, 11) is 0. The highest BCUT2D eigenvalue weighted by atomic mass is 16.2. The number of nitrogens with two attached hydrogens (primary N) is 1. The van der Waals surface area contributed by atoms with Crippen LogP contribution in [0.15, 0.2) is 18.3 Å². The first-order chi connectivity index (χ1) is 9.15. The third-order valence-electron chi connectivity index (χ3n) is 3.82. The molecule has 3 N–H and O–H groups in total. The van der Waals surface area contributed by atoms with Crippen LogP contribution >= 0.6 is 0 Å². The molecule has 0 bridgehead atoms. The quantitative estimate of drug-likeness (QED) is 0.817. The summed E-state index contributed by atoms with van der Waals surface area (Å²) in [6.45, 7) is 6.46. The summed E-state index contributed by atoms with van der Waals surface area (Å²) < 4.78 is 0. The number of nitrogens with zero attached hydrogens (tertiary/aromatic N) is 2. The van der Waals surface area contributed by atoms with Crippen LogP contribution in [0.25, 0.3) is 0 Å². The van der Waals surface area contributed by atoms with Gasteiger partial charge in [0, 0.05) is 19.6 Å². The van der Waals surface area contributed by atoms with Gasteiger partial charge in [0.25, 0.3) is 0 Å². The first-order valence-corrected chi connectivity index (χ1v) is 6.87. The summed E-state index contributed by atoms with van der Waals surface area (Å²) in [4.78, 5) is 18.6. The van der Waals surface area contributed by atoms with Gasteiger partial charge in [-0.3, -0.25) is 4.79 Å².